The fourth-order valence-electron chi connectivity index (χ4n) is 1.84. The summed E-state index contributed by atoms with van der Waals surface area (Å²) in [6, 6.07) is 0. The summed E-state index contributed by atoms with van der Waals surface area (Å²) in [4.78, 5) is 4.64. The van der Waals surface area contributed by atoms with Crippen LogP contribution in [0.25, 0.3) is 0 Å². The minimum Gasteiger partial charge on any atom is -0.316 e. The molecule has 3 nitrogen and oxygen atoms in total. The van der Waals surface area contributed by atoms with Crippen LogP contribution in [0, 0.1) is 0 Å². The van der Waals surface area contributed by atoms with Crippen molar-refractivity contribution in [1.82, 2.24) is 15.6 Å². The van der Waals surface area contributed by atoms with E-state index in [1.54, 1.807) is 11.3 Å². The predicted molar refractivity (Wildman–Crippen MR) is 59.7 cm³/mol. The molecule has 1 fully saturated rings. The maximum atomic E-state index is 4.64. The highest BCUT2D eigenvalue weighted by molar-refractivity contribution is 7.09. The zero-order chi connectivity index (χ0) is 9.80. The average molecular weight is 211 g/mol. The molecule has 0 amide bonds. The van der Waals surface area contributed by atoms with E-state index >= 15 is 0 Å². The van der Waals surface area contributed by atoms with Crippen molar-refractivity contribution in [2.24, 2.45) is 0 Å². The summed E-state index contributed by atoms with van der Waals surface area (Å²) in [5.74, 6) is 0.652. The number of nitrogens with one attached hydrogen (secondary N) is 2. The van der Waals surface area contributed by atoms with Crippen molar-refractivity contribution in [2.75, 3.05) is 20.1 Å². The van der Waals surface area contributed by atoms with Crippen LogP contribution < -0.4 is 10.6 Å². The normalized spacial score (nSPS) is 22.5. The molecule has 0 spiro atoms. The molecule has 78 valence electrons. The van der Waals surface area contributed by atoms with Gasteiger partial charge in [-0.05, 0) is 26.4 Å². The second-order valence-electron chi connectivity index (χ2n) is 3.75. The summed E-state index contributed by atoms with van der Waals surface area (Å²) < 4.78 is 0. The standard InChI is InChI=1S/C10H17N3S/c1-11-6-9-7-14-10(13-9)8-3-2-4-12-5-8/h7-8,11-12H,2-6H2,1H3. The lowest BCUT2D eigenvalue weighted by Crippen LogP contribution is -2.28. The monoisotopic (exact) mass is 211 g/mol. The average Bonchev–Trinajstić information content (AvgIpc) is 2.68. The third-order valence-corrected chi connectivity index (χ3v) is 3.63. The summed E-state index contributed by atoms with van der Waals surface area (Å²) in [6.45, 7) is 3.16. The third-order valence-electron chi connectivity index (χ3n) is 2.57. The van der Waals surface area contributed by atoms with Gasteiger partial charge < -0.3 is 10.6 Å². The molecule has 14 heavy (non-hydrogen) atoms. The van der Waals surface area contributed by atoms with Gasteiger partial charge >= 0.3 is 0 Å². The molecule has 2 heterocycles. The van der Waals surface area contributed by atoms with Gasteiger partial charge in [0.1, 0.15) is 0 Å². The Balaban J connectivity index is 2.00. The van der Waals surface area contributed by atoms with Crippen molar-refractivity contribution in [2.45, 2.75) is 25.3 Å². The van der Waals surface area contributed by atoms with Gasteiger partial charge in [-0.1, -0.05) is 0 Å². The molecule has 0 radical (unpaired) electrons. The van der Waals surface area contributed by atoms with E-state index in [-0.39, 0.29) is 0 Å². The van der Waals surface area contributed by atoms with E-state index in [0.717, 1.165) is 13.1 Å². The SMILES string of the molecule is CNCc1csc(C2CCCNC2)n1. The fourth-order valence-corrected chi connectivity index (χ4v) is 2.79. The van der Waals surface area contributed by atoms with E-state index in [1.807, 2.05) is 7.05 Å². The Morgan fingerprint density at radius 2 is 2.64 bits per heavy atom. The van der Waals surface area contributed by atoms with Crippen LogP contribution >= 0.6 is 11.3 Å². The van der Waals surface area contributed by atoms with Crippen molar-refractivity contribution >= 4 is 11.3 Å². The number of rotatable bonds is 3. The highest BCUT2D eigenvalue weighted by Gasteiger charge is 2.17. The largest absolute Gasteiger partial charge is 0.316 e. The van der Waals surface area contributed by atoms with Crippen molar-refractivity contribution in [3.8, 4) is 0 Å². The van der Waals surface area contributed by atoms with Gasteiger partial charge in [0.05, 0.1) is 10.7 Å². The Morgan fingerprint density at radius 3 is 3.36 bits per heavy atom. The van der Waals surface area contributed by atoms with Gasteiger partial charge in [0.25, 0.3) is 0 Å². The van der Waals surface area contributed by atoms with Crippen LogP contribution in [-0.4, -0.2) is 25.1 Å². The quantitative estimate of drug-likeness (QED) is 0.792. The first-order valence-corrected chi connectivity index (χ1v) is 6.07. The summed E-state index contributed by atoms with van der Waals surface area (Å²) in [6.07, 6.45) is 2.57. The molecule has 2 N–H and O–H groups in total. The maximum absolute atomic E-state index is 4.64. The summed E-state index contributed by atoms with van der Waals surface area (Å²) in [7, 11) is 1.96. The van der Waals surface area contributed by atoms with Gasteiger partial charge in [0.15, 0.2) is 0 Å². The summed E-state index contributed by atoms with van der Waals surface area (Å²) in [5, 5.41) is 10.0. The minimum atomic E-state index is 0.652. The van der Waals surface area contributed by atoms with E-state index in [9.17, 15) is 0 Å². The highest BCUT2D eigenvalue weighted by Crippen LogP contribution is 2.25. The maximum Gasteiger partial charge on any atom is 0.0972 e. The first kappa shape index (κ1) is 10.1. The lowest BCUT2D eigenvalue weighted by atomic mass is 10.0. The first-order valence-electron chi connectivity index (χ1n) is 5.20. The molecule has 1 unspecified atom stereocenters. The van der Waals surface area contributed by atoms with Crippen LogP contribution in [0.4, 0.5) is 0 Å². The Labute approximate surface area is 88.9 Å². The van der Waals surface area contributed by atoms with Crippen LogP contribution in [0.3, 0.4) is 0 Å². The molecule has 1 saturated heterocycles. The van der Waals surface area contributed by atoms with Crippen molar-refractivity contribution in [3.63, 3.8) is 0 Å². The molecular formula is C10H17N3S. The number of piperidine rings is 1. The van der Waals surface area contributed by atoms with Crippen LogP contribution in [0.2, 0.25) is 0 Å². The Kier molecular flexibility index (Phi) is 3.50. The Hall–Kier alpha value is -0.450. The Morgan fingerprint density at radius 1 is 1.71 bits per heavy atom. The Bertz CT molecular complexity index is 279. The van der Waals surface area contributed by atoms with Crippen LogP contribution in [0.15, 0.2) is 5.38 Å². The summed E-state index contributed by atoms with van der Waals surface area (Å²) >= 11 is 1.80. The lowest BCUT2D eigenvalue weighted by Gasteiger charge is -2.20. The van der Waals surface area contributed by atoms with Crippen LogP contribution in [0.5, 0.6) is 0 Å². The molecule has 1 aromatic rings. The zero-order valence-corrected chi connectivity index (χ0v) is 9.36. The van der Waals surface area contributed by atoms with E-state index < -0.39 is 0 Å². The number of thiazole rings is 1. The van der Waals surface area contributed by atoms with Gasteiger partial charge in [0.2, 0.25) is 0 Å². The van der Waals surface area contributed by atoms with Crippen LogP contribution in [0.1, 0.15) is 29.5 Å². The second-order valence-corrected chi connectivity index (χ2v) is 4.64. The van der Waals surface area contributed by atoms with Crippen molar-refractivity contribution < 1.29 is 0 Å². The zero-order valence-electron chi connectivity index (χ0n) is 8.55. The molecule has 4 heteroatoms. The van der Waals surface area contributed by atoms with Gasteiger partial charge in [-0.3, -0.25) is 0 Å². The number of hydrogen-bond donors (Lipinski definition) is 2. The third kappa shape index (κ3) is 2.32. The summed E-state index contributed by atoms with van der Waals surface area (Å²) in [5.41, 5.74) is 1.18. The molecule has 1 aromatic heterocycles. The lowest BCUT2D eigenvalue weighted by molar-refractivity contribution is 0.459. The molecule has 1 atom stereocenters. The number of aromatic nitrogens is 1. The molecule has 1 aliphatic heterocycles. The molecule has 0 aromatic carbocycles. The molecule has 0 bridgehead atoms. The first-order chi connectivity index (χ1) is 6.90. The van der Waals surface area contributed by atoms with Gasteiger partial charge in [-0.25, -0.2) is 4.98 Å². The molecule has 2 rings (SSSR count). The smallest absolute Gasteiger partial charge is 0.0972 e. The molecule has 0 aliphatic carbocycles. The van der Waals surface area contributed by atoms with Gasteiger partial charge in [-0.2, -0.15) is 0 Å². The minimum absolute atomic E-state index is 0.652. The molecular weight excluding hydrogens is 194 g/mol. The fraction of sp³-hybridized carbons (Fsp3) is 0.700. The van der Waals surface area contributed by atoms with E-state index in [1.165, 1.54) is 30.1 Å². The topological polar surface area (TPSA) is 37.0 Å². The van der Waals surface area contributed by atoms with E-state index in [0.29, 0.717) is 5.92 Å². The number of hydrogen-bond acceptors (Lipinski definition) is 4. The van der Waals surface area contributed by atoms with Crippen molar-refractivity contribution in [1.29, 1.82) is 0 Å². The molecule has 1 aliphatic rings. The van der Waals surface area contributed by atoms with Gasteiger partial charge in [0, 0.05) is 24.4 Å². The highest BCUT2D eigenvalue weighted by atomic mass is 32.1. The predicted octanol–water partition coefficient (Wildman–Crippen LogP) is 1.33. The van der Waals surface area contributed by atoms with Crippen LogP contribution in [-0.2, 0) is 6.54 Å². The molecule has 0 saturated carbocycles. The van der Waals surface area contributed by atoms with E-state index in [4.69, 9.17) is 0 Å². The van der Waals surface area contributed by atoms with Crippen molar-refractivity contribution in [3.05, 3.63) is 16.1 Å². The van der Waals surface area contributed by atoms with Gasteiger partial charge in [-0.15, -0.1) is 11.3 Å². The van der Waals surface area contributed by atoms with E-state index in [2.05, 4.69) is 21.0 Å². The number of nitrogens with zero attached hydrogens (tertiary/aromatic N) is 1. The second kappa shape index (κ2) is 4.87.